The third kappa shape index (κ3) is 3.63. The molecule has 1 aliphatic carbocycles. The second-order valence-electron chi connectivity index (χ2n) is 7.21. The van der Waals surface area contributed by atoms with Crippen LogP contribution in [0.1, 0.15) is 48.5 Å². The van der Waals surface area contributed by atoms with E-state index in [2.05, 4.69) is 38.1 Å². The van der Waals surface area contributed by atoms with Crippen LogP contribution in [0.3, 0.4) is 0 Å². The second kappa shape index (κ2) is 7.91. The number of nitrogens with one attached hydrogen (secondary N) is 1. The van der Waals surface area contributed by atoms with Crippen LogP contribution in [0.25, 0.3) is 16.9 Å². The molecule has 4 rings (SSSR count). The number of hydrogen-bond acceptors (Lipinski definition) is 4. The molecule has 0 bridgehead atoms. The zero-order valence-corrected chi connectivity index (χ0v) is 17.3. The number of hydrogen-bond donors (Lipinski definition) is 1. The monoisotopic (exact) mass is 443 g/mol. The number of halogens is 1. The first kappa shape index (κ1) is 18.9. The number of esters is 1. The molecule has 0 amide bonds. The maximum Gasteiger partial charge on any atom is 0.344 e. The summed E-state index contributed by atoms with van der Waals surface area (Å²) in [6, 6.07) is 9.67. The van der Waals surface area contributed by atoms with E-state index in [4.69, 9.17) is 4.74 Å². The molecule has 0 atom stereocenters. The minimum absolute atomic E-state index is 0.221. The summed E-state index contributed by atoms with van der Waals surface area (Å²) >= 11 is 3.29. The van der Waals surface area contributed by atoms with Crippen LogP contribution in [0.15, 0.2) is 39.7 Å². The van der Waals surface area contributed by atoms with Crippen molar-refractivity contribution in [3.63, 3.8) is 0 Å². The van der Waals surface area contributed by atoms with Crippen LogP contribution in [-0.2, 0) is 11.2 Å². The Balaban J connectivity index is 1.69. The van der Waals surface area contributed by atoms with Crippen molar-refractivity contribution in [1.82, 2.24) is 14.6 Å². The lowest BCUT2D eigenvalue weighted by Crippen LogP contribution is -2.15. The number of nitrogens with zero attached hydrogens (tertiary/aromatic N) is 2. The van der Waals surface area contributed by atoms with E-state index in [-0.39, 0.29) is 23.4 Å². The molecule has 7 heteroatoms. The Morgan fingerprint density at radius 3 is 2.68 bits per heavy atom. The van der Waals surface area contributed by atoms with Crippen molar-refractivity contribution < 1.29 is 9.53 Å². The van der Waals surface area contributed by atoms with Crippen LogP contribution < -0.4 is 5.56 Å². The van der Waals surface area contributed by atoms with Crippen molar-refractivity contribution in [2.24, 2.45) is 5.92 Å². The Morgan fingerprint density at radius 1 is 1.29 bits per heavy atom. The number of H-pyrrole nitrogens is 1. The minimum atomic E-state index is -0.524. The predicted molar refractivity (Wildman–Crippen MR) is 111 cm³/mol. The molecule has 2 heterocycles. The normalized spacial score (nSPS) is 14.6. The number of carbonyl (C=O) groups excluding carboxylic acids is 1. The molecule has 0 saturated heterocycles. The first-order chi connectivity index (χ1) is 13.6. The van der Waals surface area contributed by atoms with E-state index < -0.39 is 5.97 Å². The van der Waals surface area contributed by atoms with Gasteiger partial charge in [0.1, 0.15) is 10.2 Å². The van der Waals surface area contributed by atoms with Crippen molar-refractivity contribution in [3.8, 4) is 11.3 Å². The first-order valence-corrected chi connectivity index (χ1v) is 10.4. The third-order valence-corrected chi connectivity index (χ3v) is 5.87. The van der Waals surface area contributed by atoms with Gasteiger partial charge in [-0.2, -0.15) is 4.52 Å². The average molecular weight is 444 g/mol. The van der Waals surface area contributed by atoms with Gasteiger partial charge in [-0.25, -0.2) is 9.78 Å². The van der Waals surface area contributed by atoms with Crippen LogP contribution in [0, 0.1) is 5.92 Å². The Morgan fingerprint density at radius 2 is 2.00 bits per heavy atom. The van der Waals surface area contributed by atoms with Gasteiger partial charge in [0, 0.05) is 11.6 Å². The van der Waals surface area contributed by atoms with Crippen molar-refractivity contribution >= 4 is 27.5 Å². The van der Waals surface area contributed by atoms with Gasteiger partial charge in [-0.05, 0) is 40.8 Å². The summed E-state index contributed by atoms with van der Waals surface area (Å²) in [6.07, 6.45) is 6.41. The molecular formula is C21H22BrN3O3. The van der Waals surface area contributed by atoms with Gasteiger partial charge in [-0.1, -0.05) is 49.9 Å². The number of aromatic nitrogens is 3. The van der Waals surface area contributed by atoms with E-state index in [0.717, 1.165) is 17.9 Å². The molecular weight excluding hydrogens is 422 g/mol. The molecule has 1 saturated carbocycles. The number of rotatable bonds is 5. The molecule has 1 aliphatic rings. The van der Waals surface area contributed by atoms with E-state index in [1.807, 2.05) is 12.1 Å². The lowest BCUT2D eigenvalue weighted by molar-refractivity contribution is 0.0527. The first-order valence-electron chi connectivity index (χ1n) is 9.64. The predicted octanol–water partition coefficient (Wildman–Crippen LogP) is 4.36. The summed E-state index contributed by atoms with van der Waals surface area (Å²) in [6.45, 7) is 1.98. The minimum Gasteiger partial charge on any atom is -0.462 e. The largest absolute Gasteiger partial charge is 0.462 e. The molecule has 0 aliphatic heterocycles. The summed E-state index contributed by atoms with van der Waals surface area (Å²) in [5.74, 6) is 0.262. The zero-order valence-electron chi connectivity index (χ0n) is 15.7. The van der Waals surface area contributed by atoms with Crippen LogP contribution >= 0.6 is 15.9 Å². The van der Waals surface area contributed by atoms with E-state index >= 15 is 0 Å². The average Bonchev–Trinajstić information content (AvgIpc) is 3.30. The van der Waals surface area contributed by atoms with Crippen molar-refractivity contribution in [3.05, 3.63) is 56.4 Å². The summed E-state index contributed by atoms with van der Waals surface area (Å²) in [5, 5.41) is 2.82. The van der Waals surface area contributed by atoms with Crippen molar-refractivity contribution in [2.75, 3.05) is 6.61 Å². The van der Waals surface area contributed by atoms with E-state index in [0.29, 0.717) is 10.3 Å². The summed E-state index contributed by atoms with van der Waals surface area (Å²) in [7, 11) is 0. The van der Waals surface area contributed by atoms with Crippen molar-refractivity contribution in [1.29, 1.82) is 0 Å². The van der Waals surface area contributed by atoms with Gasteiger partial charge >= 0.3 is 5.97 Å². The van der Waals surface area contributed by atoms with Gasteiger partial charge in [-0.3, -0.25) is 9.89 Å². The van der Waals surface area contributed by atoms with E-state index in [1.165, 1.54) is 41.8 Å². The van der Waals surface area contributed by atoms with Crippen LogP contribution in [0.5, 0.6) is 0 Å². The lowest BCUT2D eigenvalue weighted by Gasteiger charge is -2.09. The molecule has 28 heavy (non-hydrogen) atoms. The number of ether oxygens (including phenoxy) is 1. The molecule has 0 spiro atoms. The number of aromatic amines is 1. The molecule has 2 aromatic heterocycles. The molecule has 6 nitrogen and oxygen atoms in total. The highest BCUT2D eigenvalue weighted by molar-refractivity contribution is 9.10. The SMILES string of the molecule is CCOC(=O)c1c(Br)[nH]n2c(=O)cc(-c3ccc(CC4CCCC4)cc3)nc12. The highest BCUT2D eigenvalue weighted by Crippen LogP contribution is 2.29. The molecule has 1 fully saturated rings. The molecule has 3 aromatic rings. The van der Waals surface area contributed by atoms with E-state index in [9.17, 15) is 9.59 Å². The molecule has 146 valence electrons. The quantitative estimate of drug-likeness (QED) is 0.594. The highest BCUT2D eigenvalue weighted by Gasteiger charge is 2.22. The standard InChI is InChI=1S/C21H22BrN3O3/c1-2-28-21(27)18-19(22)24-25-17(26)12-16(23-20(18)25)15-9-7-14(8-10-15)11-13-5-3-4-6-13/h7-10,12-13,24H,2-6,11H2,1H3. The Hall–Kier alpha value is -2.41. The Bertz CT molecular complexity index is 1060. The summed E-state index contributed by atoms with van der Waals surface area (Å²) < 4.78 is 6.71. The lowest BCUT2D eigenvalue weighted by atomic mass is 9.97. The van der Waals surface area contributed by atoms with Gasteiger partial charge in [0.05, 0.1) is 12.3 Å². The Kier molecular flexibility index (Phi) is 5.35. The molecule has 1 N–H and O–H groups in total. The molecule has 0 unspecified atom stereocenters. The number of benzene rings is 1. The highest BCUT2D eigenvalue weighted by atomic mass is 79.9. The van der Waals surface area contributed by atoms with Gasteiger partial charge < -0.3 is 4.74 Å². The van der Waals surface area contributed by atoms with Gasteiger partial charge in [0.2, 0.25) is 0 Å². The van der Waals surface area contributed by atoms with Gasteiger partial charge in [0.15, 0.2) is 5.65 Å². The van der Waals surface area contributed by atoms with E-state index in [1.54, 1.807) is 6.92 Å². The third-order valence-electron chi connectivity index (χ3n) is 5.30. The van der Waals surface area contributed by atoms with Crippen molar-refractivity contribution in [2.45, 2.75) is 39.0 Å². The van der Waals surface area contributed by atoms with Crippen LogP contribution in [-0.4, -0.2) is 27.2 Å². The fourth-order valence-corrected chi connectivity index (χ4v) is 4.42. The summed E-state index contributed by atoms with van der Waals surface area (Å²) in [4.78, 5) is 29.4. The molecule has 1 aromatic carbocycles. The summed E-state index contributed by atoms with van der Waals surface area (Å²) in [5.41, 5.74) is 2.88. The Labute approximate surface area is 171 Å². The fraction of sp³-hybridized carbons (Fsp3) is 0.381. The zero-order chi connectivity index (χ0) is 19.7. The van der Waals surface area contributed by atoms with Gasteiger partial charge in [-0.15, -0.1) is 0 Å². The fourth-order valence-electron chi connectivity index (χ4n) is 3.90. The molecule has 0 radical (unpaired) electrons. The van der Waals surface area contributed by atoms with Crippen LogP contribution in [0.2, 0.25) is 0 Å². The van der Waals surface area contributed by atoms with Crippen LogP contribution in [0.4, 0.5) is 0 Å². The number of fused-ring (bicyclic) bond motifs is 1. The number of carbonyl (C=O) groups is 1. The maximum atomic E-state index is 12.5. The smallest absolute Gasteiger partial charge is 0.344 e. The maximum absolute atomic E-state index is 12.5. The topological polar surface area (TPSA) is 76.5 Å². The van der Waals surface area contributed by atoms with Gasteiger partial charge in [0.25, 0.3) is 5.56 Å². The second-order valence-corrected chi connectivity index (χ2v) is 8.00.